The average molecular weight is 291 g/mol. The van der Waals surface area contributed by atoms with E-state index in [0.717, 1.165) is 31.5 Å². The van der Waals surface area contributed by atoms with Gasteiger partial charge in [-0.2, -0.15) is 0 Å². The molecule has 0 bridgehead atoms. The van der Waals surface area contributed by atoms with Gasteiger partial charge < -0.3 is 10.1 Å². The molecule has 0 aromatic carbocycles. The van der Waals surface area contributed by atoms with Gasteiger partial charge in [0.2, 0.25) is 0 Å². The van der Waals surface area contributed by atoms with Gasteiger partial charge in [0.25, 0.3) is 0 Å². The molecule has 4 heteroatoms. The molecule has 118 valence electrons. The minimum atomic E-state index is 0.0309. The van der Waals surface area contributed by atoms with E-state index >= 15 is 0 Å². The van der Waals surface area contributed by atoms with Crippen LogP contribution in [0.2, 0.25) is 0 Å². The largest absolute Gasteiger partial charge is 0.371 e. The summed E-state index contributed by atoms with van der Waals surface area (Å²) in [6, 6.07) is 0.356. The molecule has 1 aliphatic carbocycles. The molecular formula is C17H29N3O. The van der Waals surface area contributed by atoms with E-state index in [1.807, 2.05) is 20.2 Å². The molecule has 1 N–H and O–H groups in total. The predicted molar refractivity (Wildman–Crippen MR) is 85.2 cm³/mol. The predicted octanol–water partition coefficient (Wildman–Crippen LogP) is 3.59. The molecule has 0 aliphatic heterocycles. The van der Waals surface area contributed by atoms with E-state index in [2.05, 4.69) is 31.1 Å². The Balaban J connectivity index is 2.32. The number of hydrogen-bond donors (Lipinski definition) is 1. The van der Waals surface area contributed by atoms with Crippen LogP contribution in [-0.2, 0) is 11.2 Å². The zero-order chi connectivity index (χ0) is 15.5. The van der Waals surface area contributed by atoms with Crippen LogP contribution >= 0.6 is 0 Å². The first-order valence-corrected chi connectivity index (χ1v) is 8.15. The van der Waals surface area contributed by atoms with Gasteiger partial charge in [-0.1, -0.05) is 27.2 Å². The summed E-state index contributed by atoms with van der Waals surface area (Å²) in [5.74, 6) is 0.852. The van der Waals surface area contributed by atoms with Crippen LogP contribution in [0, 0.1) is 5.41 Å². The van der Waals surface area contributed by atoms with E-state index in [4.69, 9.17) is 9.72 Å². The monoisotopic (exact) mass is 291 g/mol. The zero-order valence-corrected chi connectivity index (χ0v) is 14.1. The van der Waals surface area contributed by atoms with Crippen LogP contribution in [0.25, 0.3) is 0 Å². The molecule has 0 radical (unpaired) electrons. The summed E-state index contributed by atoms with van der Waals surface area (Å²) in [6.45, 7) is 9.53. The lowest BCUT2D eigenvalue weighted by Gasteiger charge is -2.36. The summed E-state index contributed by atoms with van der Waals surface area (Å²) >= 11 is 0. The second kappa shape index (κ2) is 6.84. The fraction of sp³-hybridized carbons (Fsp3) is 0.765. The first-order chi connectivity index (χ1) is 10.0. The van der Waals surface area contributed by atoms with Crippen molar-refractivity contribution in [1.29, 1.82) is 0 Å². The van der Waals surface area contributed by atoms with E-state index in [1.165, 1.54) is 11.3 Å². The quantitative estimate of drug-likeness (QED) is 0.870. The van der Waals surface area contributed by atoms with Gasteiger partial charge in [0.1, 0.15) is 6.10 Å². The molecule has 1 aliphatic rings. The second-order valence-electron chi connectivity index (χ2n) is 6.75. The summed E-state index contributed by atoms with van der Waals surface area (Å²) in [7, 11) is 2.02. The molecular weight excluding hydrogens is 262 g/mol. The van der Waals surface area contributed by atoms with E-state index in [-0.39, 0.29) is 11.5 Å². The molecule has 1 aromatic rings. The van der Waals surface area contributed by atoms with Crippen molar-refractivity contribution in [2.24, 2.45) is 5.41 Å². The first kappa shape index (κ1) is 16.4. The zero-order valence-electron chi connectivity index (χ0n) is 14.1. The van der Waals surface area contributed by atoms with Crippen LogP contribution < -0.4 is 5.32 Å². The van der Waals surface area contributed by atoms with Gasteiger partial charge in [-0.05, 0) is 38.6 Å². The van der Waals surface area contributed by atoms with Crippen molar-refractivity contribution in [3.05, 3.63) is 23.3 Å². The number of hydrogen-bond acceptors (Lipinski definition) is 4. The normalized spacial score (nSPS) is 21.9. The molecule has 1 aromatic heterocycles. The highest BCUT2D eigenvalue weighted by Crippen LogP contribution is 2.39. The lowest BCUT2D eigenvalue weighted by molar-refractivity contribution is 0.0489. The fourth-order valence-corrected chi connectivity index (χ4v) is 3.23. The van der Waals surface area contributed by atoms with Crippen LogP contribution in [0.3, 0.4) is 0 Å². The third-order valence-electron chi connectivity index (χ3n) is 4.25. The highest BCUT2D eigenvalue weighted by atomic mass is 16.5. The smallest absolute Gasteiger partial charge is 0.157 e. The van der Waals surface area contributed by atoms with Crippen molar-refractivity contribution in [3.63, 3.8) is 0 Å². The molecule has 0 spiro atoms. The summed E-state index contributed by atoms with van der Waals surface area (Å²) in [5.41, 5.74) is 2.72. The molecule has 2 rings (SSSR count). The molecule has 1 heterocycles. The molecule has 2 unspecified atom stereocenters. The van der Waals surface area contributed by atoms with Crippen LogP contribution in [0.5, 0.6) is 0 Å². The van der Waals surface area contributed by atoms with Gasteiger partial charge in [0, 0.05) is 30.1 Å². The van der Waals surface area contributed by atoms with Gasteiger partial charge in [0.05, 0.1) is 0 Å². The maximum atomic E-state index is 5.82. The Labute approximate surface area is 128 Å². The Kier molecular flexibility index (Phi) is 5.33. The summed E-state index contributed by atoms with van der Waals surface area (Å²) < 4.78 is 5.82. The molecule has 4 nitrogen and oxygen atoms in total. The molecule has 0 amide bonds. The summed E-state index contributed by atoms with van der Waals surface area (Å²) in [5, 5.41) is 3.40. The minimum absolute atomic E-state index is 0.0309. The van der Waals surface area contributed by atoms with Crippen LogP contribution in [0.4, 0.5) is 0 Å². The topological polar surface area (TPSA) is 47.0 Å². The minimum Gasteiger partial charge on any atom is -0.371 e. The van der Waals surface area contributed by atoms with Crippen molar-refractivity contribution in [2.75, 3.05) is 13.7 Å². The van der Waals surface area contributed by atoms with Gasteiger partial charge in [0.15, 0.2) is 5.82 Å². The Bertz CT molecular complexity index is 467. The van der Waals surface area contributed by atoms with Gasteiger partial charge in [-0.25, -0.2) is 9.97 Å². The maximum Gasteiger partial charge on any atom is 0.157 e. The highest BCUT2D eigenvalue weighted by Gasteiger charge is 2.33. The SMILES string of the molecule is CCCC(OCC)c1ncc2c(n1)CC(C)(C)CC2NC. The van der Waals surface area contributed by atoms with Crippen molar-refractivity contribution < 1.29 is 4.74 Å². The number of rotatable bonds is 6. The van der Waals surface area contributed by atoms with Crippen LogP contribution in [-0.4, -0.2) is 23.6 Å². The average Bonchev–Trinajstić information content (AvgIpc) is 2.44. The summed E-state index contributed by atoms with van der Waals surface area (Å²) in [4.78, 5) is 9.47. The lowest BCUT2D eigenvalue weighted by atomic mass is 9.74. The number of nitrogens with one attached hydrogen (secondary N) is 1. The third kappa shape index (κ3) is 3.80. The van der Waals surface area contributed by atoms with E-state index in [9.17, 15) is 0 Å². The Morgan fingerprint density at radius 2 is 2.19 bits per heavy atom. The molecule has 0 fully saturated rings. The maximum absolute atomic E-state index is 5.82. The van der Waals surface area contributed by atoms with Crippen molar-refractivity contribution in [2.45, 2.75) is 65.5 Å². The lowest BCUT2D eigenvalue weighted by Crippen LogP contribution is -2.33. The number of ether oxygens (including phenoxy) is 1. The van der Waals surface area contributed by atoms with Crippen molar-refractivity contribution in [3.8, 4) is 0 Å². The van der Waals surface area contributed by atoms with E-state index < -0.39 is 0 Å². The fourth-order valence-electron chi connectivity index (χ4n) is 3.23. The molecule has 21 heavy (non-hydrogen) atoms. The Morgan fingerprint density at radius 3 is 2.81 bits per heavy atom. The molecule has 2 atom stereocenters. The number of fused-ring (bicyclic) bond motifs is 1. The second-order valence-corrected chi connectivity index (χ2v) is 6.75. The van der Waals surface area contributed by atoms with Crippen molar-refractivity contribution in [1.82, 2.24) is 15.3 Å². The van der Waals surface area contributed by atoms with Gasteiger partial charge in [-0.15, -0.1) is 0 Å². The standard InChI is InChI=1S/C17H29N3O/c1-6-8-15(21-7-2)16-19-11-12-13(18-5)9-17(3,4)10-14(12)20-16/h11,13,15,18H,6-10H2,1-5H3. The Morgan fingerprint density at radius 1 is 1.43 bits per heavy atom. The molecule has 0 saturated heterocycles. The van der Waals surface area contributed by atoms with Gasteiger partial charge in [-0.3, -0.25) is 0 Å². The van der Waals surface area contributed by atoms with E-state index in [0.29, 0.717) is 12.6 Å². The number of aromatic nitrogens is 2. The Hall–Kier alpha value is -1.00. The highest BCUT2D eigenvalue weighted by molar-refractivity contribution is 5.27. The molecule has 0 saturated carbocycles. The van der Waals surface area contributed by atoms with Crippen molar-refractivity contribution >= 4 is 0 Å². The first-order valence-electron chi connectivity index (χ1n) is 8.15. The number of nitrogens with zero attached hydrogens (tertiary/aromatic N) is 2. The van der Waals surface area contributed by atoms with Crippen LogP contribution in [0.15, 0.2) is 6.20 Å². The van der Waals surface area contributed by atoms with E-state index in [1.54, 1.807) is 0 Å². The van der Waals surface area contributed by atoms with Crippen LogP contribution in [0.1, 0.15) is 76.2 Å². The third-order valence-corrected chi connectivity index (χ3v) is 4.25. The summed E-state index contributed by atoms with van der Waals surface area (Å²) in [6.07, 6.45) is 6.24. The van der Waals surface area contributed by atoms with Gasteiger partial charge >= 0.3 is 0 Å².